The van der Waals surface area contributed by atoms with Gasteiger partial charge in [0.1, 0.15) is 18.4 Å². The number of amides is 4. The summed E-state index contributed by atoms with van der Waals surface area (Å²) in [4.78, 5) is 38.7. The summed E-state index contributed by atoms with van der Waals surface area (Å²) in [6.07, 6.45) is 0. The van der Waals surface area contributed by atoms with Gasteiger partial charge < -0.3 is 16.0 Å². The number of urea groups is 1. The standard InChI is InChI=1S/C21H23FN4O3/c1-13(2)19(20(28)23-11-14-7-3-4-8-15(14)22)25-21(29)26-12-18(27)24-16-9-5-6-10-17(16)26/h3-10,13,19H,11-12H2,1-2H3,(H,23,28)(H,24,27)(H,25,29). The Bertz CT molecular complexity index is 932. The highest BCUT2D eigenvalue weighted by Gasteiger charge is 2.31. The third kappa shape index (κ3) is 4.71. The van der Waals surface area contributed by atoms with Crippen LogP contribution in [0.25, 0.3) is 0 Å². The van der Waals surface area contributed by atoms with Crippen molar-refractivity contribution in [1.29, 1.82) is 0 Å². The van der Waals surface area contributed by atoms with E-state index in [-0.39, 0.29) is 24.9 Å². The van der Waals surface area contributed by atoms with Crippen molar-refractivity contribution in [2.45, 2.75) is 26.4 Å². The molecule has 4 amide bonds. The van der Waals surface area contributed by atoms with E-state index < -0.39 is 23.8 Å². The first-order chi connectivity index (χ1) is 13.9. The summed E-state index contributed by atoms with van der Waals surface area (Å²) < 4.78 is 13.8. The lowest BCUT2D eigenvalue weighted by Crippen LogP contribution is -2.55. The minimum atomic E-state index is -0.841. The van der Waals surface area contributed by atoms with Crippen molar-refractivity contribution in [3.8, 4) is 0 Å². The molecule has 1 heterocycles. The predicted octanol–water partition coefficient (Wildman–Crippen LogP) is 2.63. The van der Waals surface area contributed by atoms with Gasteiger partial charge in [0.2, 0.25) is 11.8 Å². The summed E-state index contributed by atoms with van der Waals surface area (Å²) in [5.74, 6) is -1.36. The average molecular weight is 398 g/mol. The molecule has 0 spiro atoms. The maximum Gasteiger partial charge on any atom is 0.323 e. The number of para-hydroxylation sites is 2. The van der Waals surface area contributed by atoms with Gasteiger partial charge >= 0.3 is 6.03 Å². The first-order valence-electron chi connectivity index (χ1n) is 9.35. The number of anilines is 2. The number of benzene rings is 2. The van der Waals surface area contributed by atoms with E-state index in [1.165, 1.54) is 11.0 Å². The second-order valence-electron chi connectivity index (χ2n) is 7.13. The van der Waals surface area contributed by atoms with Crippen LogP contribution >= 0.6 is 0 Å². The van der Waals surface area contributed by atoms with Gasteiger partial charge in [-0.25, -0.2) is 9.18 Å². The third-order valence-electron chi connectivity index (χ3n) is 4.65. The van der Waals surface area contributed by atoms with Crippen molar-refractivity contribution in [2.75, 3.05) is 16.8 Å². The van der Waals surface area contributed by atoms with Crippen molar-refractivity contribution >= 4 is 29.2 Å². The molecule has 2 aromatic carbocycles. The Labute approximate surface area is 168 Å². The van der Waals surface area contributed by atoms with Crippen LogP contribution in [0.3, 0.4) is 0 Å². The van der Waals surface area contributed by atoms with Crippen molar-refractivity contribution < 1.29 is 18.8 Å². The first-order valence-corrected chi connectivity index (χ1v) is 9.35. The smallest absolute Gasteiger partial charge is 0.323 e. The number of halogens is 1. The minimum absolute atomic E-state index is 0.0134. The zero-order chi connectivity index (χ0) is 21.0. The molecule has 3 rings (SSSR count). The van der Waals surface area contributed by atoms with Crippen LogP contribution in [-0.2, 0) is 16.1 Å². The van der Waals surface area contributed by atoms with Crippen molar-refractivity contribution in [3.63, 3.8) is 0 Å². The summed E-state index contributed by atoms with van der Waals surface area (Å²) in [7, 11) is 0. The van der Waals surface area contributed by atoms with Crippen LogP contribution in [0, 0.1) is 11.7 Å². The van der Waals surface area contributed by atoms with Crippen molar-refractivity contribution in [1.82, 2.24) is 10.6 Å². The molecule has 3 N–H and O–H groups in total. The molecule has 1 aliphatic heterocycles. The quantitative estimate of drug-likeness (QED) is 0.723. The van der Waals surface area contributed by atoms with Gasteiger partial charge in [-0.1, -0.05) is 44.2 Å². The fourth-order valence-electron chi connectivity index (χ4n) is 3.09. The van der Waals surface area contributed by atoms with Crippen LogP contribution in [0.15, 0.2) is 48.5 Å². The SMILES string of the molecule is CC(C)C(NC(=O)N1CC(=O)Nc2ccccc21)C(=O)NCc1ccccc1F. The number of hydrogen-bond acceptors (Lipinski definition) is 3. The highest BCUT2D eigenvalue weighted by atomic mass is 19.1. The number of carbonyl (C=O) groups excluding carboxylic acids is 3. The second-order valence-corrected chi connectivity index (χ2v) is 7.13. The van der Waals surface area contributed by atoms with Gasteiger partial charge in [-0.2, -0.15) is 0 Å². The molecule has 7 nitrogen and oxygen atoms in total. The molecule has 0 saturated heterocycles. The Hall–Kier alpha value is -3.42. The molecule has 0 fully saturated rings. The summed E-state index contributed by atoms with van der Waals surface area (Å²) in [5.41, 5.74) is 1.44. The zero-order valence-corrected chi connectivity index (χ0v) is 16.2. The molecule has 0 bridgehead atoms. The van der Waals surface area contributed by atoms with Gasteiger partial charge in [0.05, 0.1) is 11.4 Å². The molecule has 29 heavy (non-hydrogen) atoms. The van der Waals surface area contributed by atoms with Crippen LogP contribution in [0.2, 0.25) is 0 Å². The molecule has 2 aromatic rings. The number of fused-ring (bicyclic) bond motifs is 1. The van der Waals surface area contributed by atoms with E-state index in [9.17, 15) is 18.8 Å². The van der Waals surface area contributed by atoms with Gasteiger partial charge in [0.25, 0.3) is 0 Å². The highest BCUT2D eigenvalue weighted by molar-refractivity contribution is 6.10. The van der Waals surface area contributed by atoms with Crippen molar-refractivity contribution in [3.05, 3.63) is 59.9 Å². The lowest BCUT2D eigenvalue weighted by molar-refractivity contribution is -0.124. The Morgan fingerprint density at radius 2 is 1.83 bits per heavy atom. The number of nitrogens with zero attached hydrogens (tertiary/aromatic N) is 1. The second kappa shape index (κ2) is 8.72. The predicted molar refractivity (Wildman–Crippen MR) is 108 cm³/mol. The van der Waals surface area contributed by atoms with Crippen LogP contribution in [-0.4, -0.2) is 30.4 Å². The Balaban J connectivity index is 1.70. The summed E-state index contributed by atoms with van der Waals surface area (Å²) in [6.45, 7) is 3.46. The van der Waals surface area contributed by atoms with Crippen molar-refractivity contribution in [2.24, 2.45) is 5.92 Å². The zero-order valence-electron chi connectivity index (χ0n) is 16.2. The lowest BCUT2D eigenvalue weighted by Gasteiger charge is -2.31. The molecule has 0 saturated carbocycles. The number of hydrogen-bond donors (Lipinski definition) is 3. The first kappa shape index (κ1) is 20.3. The van der Waals surface area contributed by atoms with E-state index in [1.807, 2.05) is 0 Å². The minimum Gasteiger partial charge on any atom is -0.350 e. The number of carbonyl (C=O) groups is 3. The fraction of sp³-hybridized carbons (Fsp3) is 0.286. The molecule has 1 unspecified atom stereocenters. The van der Waals surface area contributed by atoms with E-state index >= 15 is 0 Å². The Kier molecular flexibility index (Phi) is 6.11. The fourth-order valence-corrected chi connectivity index (χ4v) is 3.09. The molecule has 152 valence electrons. The van der Waals surface area contributed by atoms with Crippen LogP contribution < -0.4 is 20.9 Å². The topological polar surface area (TPSA) is 90.5 Å². The van der Waals surface area contributed by atoms with Gasteiger partial charge in [-0.3, -0.25) is 14.5 Å². The Morgan fingerprint density at radius 3 is 2.55 bits per heavy atom. The van der Waals surface area contributed by atoms with E-state index in [0.717, 1.165) is 0 Å². The van der Waals surface area contributed by atoms with Crippen LogP contribution in [0.5, 0.6) is 0 Å². The molecule has 0 aromatic heterocycles. The van der Waals surface area contributed by atoms with E-state index in [4.69, 9.17) is 0 Å². The molecular weight excluding hydrogens is 375 g/mol. The average Bonchev–Trinajstić information content (AvgIpc) is 2.70. The molecule has 0 radical (unpaired) electrons. The molecule has 0 aliphatic carbocycles. The van der Waals surface area contributed by atoms with E-state index in [2.05, 4.69) is 16.0 Å². The molecule has 1 atom stereocenters. The van der Waals surface area contributed by atoms with Gasteiger partial charge in [0.15, 0.2) is 0 Å². The van der Waals surface area contributed by atoms with Gasteiger partial charge in [-0.05, 0) is 24.1 Å². The molecule has 1 aliphatic rings. The maximum atomic E-state index is 13.8. The van der Waals surface area contributed by atoms with Crippen LogP contribution in [0.1, 0.15) is 19.4 Å². The number of rotatable bonds is 5. The number of nitrogens with one attached hydrogen (secondary N) is 3. The van der Waals surface area contributed by atoms with Gasteiger partial charge in [0, 0.05) is 12.1 Å². The monoisotopic (exact) mass is 398 g/mol. The third-order valence-corrected chi connectivity index (χ3v) is 4.65. The van der Waals surface area contributed by atoms with Crippen LogP contribution in [0.4, 0.5) is 20.6 Å². The largest absolute Gasteiger partial charge is 0.350 e. The molecule has 8 heteroatoms. The normalized spacial score (nSPS) is 14.1. The highest BCUT2D eigenvalue weighted by Crippen LogP contribution is 2.28. The summed E-state index contributed by atoms with van der Waals surface area (Å²) in [6, 6.07) is 11.7. The Morgan fingerprint density at radius 1 is 1.14 bits per heavy atom. The molecular formula is C21H23FN4O3. The summed E-state index contributed by atoms with van der Waals surface area (Å²) in [5, 5.41) is 8.08. The van der Waals surface area contributed by atoms with E-state index in [1.54, 1.807) is 56.3 Å². The van der Waals surface area contributed by atoms with Gasteiger partial charge in [-0.15, -0.1) is 0 Å². The van der Waals surface area contributed by atoms with E-state index in [0.29, 0.717) is 16.9 Å². The lowest BCUT2D eigenvalue weighted by atomic mass is 10.0. The maximum absolute atomic E-state index is 13.8. The summed E-state index contributed by atoms with van der Waals surface area (Å²) >= 11 is 0.